The highest BCUT2D eigenvalue weighted by molar-refractivity contribution is 6.01. The fraction of sp³-hybridized carbons (Fsp3) is 0.154. The summed E-state index contributed by atoms with van der Waals surface area (Å²) < 4.78 is 40.7. The summed E-state index contributed by atoms with van der Waals surface area (Å²) in [5.74, 6) is -0.353. The van der Waals surface area contributed by atoms with Crippen LogP contribution in [-0.4, -0.2) is 22.1 Å². The molecule has 8 heteroatoms. The van der Waals surface area contributed by atoms with E-state index in [1.165, 1.54) is 10.6 Å². The molecule has 0 saturated heterocycles. The van der Waals surface area contributed by atoms with Crippen LogP contribution in [0.5, 0.6) is 5.88 Å². The lowest BCUT2D eigenvalue weighted by molar-refractivity contribution is -0.137. The molecule has 0 radical (unpaired) electrons. The number of fused-ring (bicyclic) bond motifs is 1. The number of alkyl halides is 3. The number of hydrogen-bond acceptors (Lipinski definition) is 3. The number of carbonyl (C=O) groups is 1. The van der Waals surface area contributed by atoms with E-state index < -0.39 is 11.7 Å². The fourth-order valence-corrected chi connectivity index (χ4v) is 3.85. The van der Waals surface area contributed by atoms with Crippen LogP contribution in [0.25, 0.3) is 21.9 Å². The van der Waals surface area contributed by atoms with Crippen molar-refractivity contribution >= 4 is 16.7 Å². The summed E-state index contributed by atoms with van der Waals surface area (Å²) in [4.78, 5) is 12.4. The van der Waals surface area contributed by atoms with Gasteiger partial charge in [-0.2, -0.15) is 18.4 Å². The van der Waals surface area contributed by atoms with Gasteiger partial charge >= 0.3 is 6.18 Å². The zero-order valence-corrected chi connectivity index (χ0v) is 17.9. The molecule has 0 fully saturated rings. The van der Waals surface area contributed by atoms with Gasteiger partial charge in [0.25, 0.3) is 5.91 Å². The number of carbonyl (C=O) groups excluding carboxylic acids is 1. The molecule has 34 heavy (non-hydrogen) atoms. The second-order valence-corrected chi connectivity index (χ2v) is 7.79. The van der Waals surface area contributed by atoms with Crippen LogP contribution in [0.15, 0.2) is 72.9 Å². The second-order valence-electron chi connectivity index (χ2n) is 7.79. The van der Waals surface area contributed by atoms with Crippen LogP contribution in [0.1, 0.15) is 27.9 Å². The average molecular weight is 463 g/mol. The quantitative estimate of drug-likeness (QED) is 0.359. The Morgan fingerprint density at radius 2 is 1.79 bits per heavy atom. The van der Waals surface area contributed by atoms with Gasteiger partial charge in [0.2, 0.25) is 0 Å². The maximum absolute atomic E-state index is 13.1. The minimum Gasteiger partial charge on any atom is -0.494 e. The Kier molecular flexibility index (Phi) is 6.28. The largest absolute Gasteiger partial charge is 0.494 e. The predicted octanol–water partition coefficient (Wildman–Crippen LogP) is 5.72. The number of amides is 1. The highest BCUT2D eigenvalue weighted by Crippen LogP contribution is 2.36. The topological polar surface area (TPSA) is 78.1 Å². The lowest BCUT2D eigenvalue weighted by Gasteiger charge is -2.10. The standard InChI is InChI=1S/C26H20F3N3O2/c27-26(28,29)20-8-1-5-17(13-20)15-32-16-23-21(9-3-10-22(23)25(32)34)18-6-2-7-19(14-18)24(33)31-12-4-11-30/h1-3,5-10,13-14,16,34H,4,12,15H2,(H,31,33). The number of hydrogen-bond donors (Lipinski definition) is 2. The SMILES string of the molecule is N#CCCNC(=O)c1cccc(-c2cccc3c(O)n(Cc4cccc(C(F)(F)F)c4)cc23)c1. The summed E-state index contributed by atoms with van der Waals surface area (Å²) in [6, 6.07) is 19.3. The van der Waals surface area contributed by atoms with Crippen molar-refractivity contribution in [2.75, 3.05) is 6.54 Å². The zero-order chi connectivity index (χ0) is 24.3. The molecular weight excluding hydrogens is 443 g/mol. The Hall–Kier alpha value is -4.25. The third-order valence-electron chi connectivity index (χ3n) is 5.47. The van der Waals surface area contributed by atoms with Crippen LogP contribution in [-0.2, 0) is 12.7 Å². The van der Waals surface area contributed by atoms with Crippen LogP contribution in [0.2, 0.25) is 0 Å². The first-order chi connectivity index (χ1) is 16.3. The highest BCUT2D eigenvalue weighted by Gasteiger charge is 2.30. The molecule has 172 valence electrons. The van der Waals surface area contributed by atoms with E-state index in [0.717, 1.165) is 23.3 Å². The Balaban J connectivity index is 1.68. The van der Waals surface area contributed by atoms with Gasteiger partial charge in [0.05, 0.1) is 24.6 Å². The first-order valence-electron chi connectivity index (χ1n) is 10.5. The Labute approximate surface area is 193 Å². The summed E-state index contributed by atoms with van der Waals surface area (Å²) in [7, 11) is 0. The van der Waals surface area contributed by atoms with Gasteiger partial charge in [-0.1, -0.05) is 36.4 Å². The molecule has 0 spiro atoms. The molecule has 0 aliphatic heterocycles. The minimum atomic E-state index is -4.45. The van der Waals surface area contributed by atoms with Crippen LogP contribution < -0.4 is 5.32 Å². The highest BCUT2D eigenvalue weighted by atomic mass is 19.4. The van der Waals surface area contributed by atoms with Crippen molar-refractivity contribution in [2.24, 2.45) is 0 Å². The maximum Gasteiger partial charge on any atom is 0.416 e. The predicted molar refractivity (Wildman–Crippen MR) is 122 cm³/mol. The summed E-state index contributed by atoms with van der Waals surface area (Å²) in [6.45, 7) is 0.312. The molecule has 4 rings (SSSR count). The smallest absolute Gasteiger partial charge is 0.416 e. The molecule has 0 unspecified atom stereocenters. The number of aromatic nitrogens is 1. The summed E-state index contributed by atoms with van der Waals surface area (Å²) in [5, 5.41) is 23.3. The van der Waals surface area contributed by atoms with Crippen molar-refractivity contribution in [3.05, 3.63) is 89.6 Å². The number of benzene rings is 3. The maximum atomic E-state index is 13.1. The van der Waals surface area contributed by atoms with Crippen LogP contribution >= 0.6 is 0 Å². The second kappa shape index (κ2) is 9.32. The number of halogens is 3. The van der Waals surface area contributed by atoms with Crippen molar-refractivity contribution < 1.29 is 23.1 Å². The van der Waals surface area contributed by atoms with Gasteiger partial charge in [-0.05, 0) is 47.0 Å². The summed E-state index contributed by atoms with van der Waals surface area (Å²) >= 11 is 0. The van der Waals surface area contributed by atoms with Crippen molar-refractivity contribution in [3.8, 4) is 23.1 Å². The van der Waals surface area contributed by atoms with Gasteiger partial charge in [0, 0.05) is 29.1 Å². The molecule has 4 aromatic rings. The van der Waals surface area contributed by atoms with Crippen molar-refractivity contribution in [2.45, 2.75) is 19.1 Å². The summed E-state index contributed by atoms with van der Waals surface area (Å²) in [5.41, 5.74) is 1.60. The molecule has 0 aliphatic rings. The Bertz CT molecular complexity index is 1400. The molecule has 1 aromatic heterocycles. The van der Waals surface area contributed by atoms with Crippen LogP contribution in [0.4, 0.5) is 13.2 Å². The molecule has 2 N–H and O–H groups in total. The van der Waals surface area contributed by atoms with E-state index in [-0.39, 0.29) is 31.3 Å². The summed E-state index contributed by atoms with van der Waals surface area (Å²) in [6.07, 6.45) is -2.54. The van der Waals surface area contributed by atoms with Gasteiger partial charge in [-0.3, -0.25) is 4.79 Å². The first kappa shape index (κ1) is 22.9. The van der Waals surface area contributed by atoms with Gasteiger partial charge in [-0.15, -0.1) is 0 Å². The molecule has 1 heterocycles. The van der Waals surface area contributed by atoms with Gasteiger partial charge in [0.1, 0.15) is 0 Å². The monoisotopic (exact) mass is 463 g/mol. The third-order valence-corrected chi connectivity index (χ3v) is 5.47. The van der Waals surface area contributed by atoms with Crippen LogP contribution in [0.3, 0.4) is 0 Å². The molecule has 5 nitrogen and oxygen atoms in total. The van der Waals surface area contributed by atoms with E-state index >= 15 is 0 Å². The minimum absolute atomic E-state index is 0.0559. The van der Waals surface area contributed by atoms with E-state index in [0.29, 0.717) is 21.9 Å². The molecule has 3 aromatic carbocycles. The van der Waals surface area contributed by atoms with E-state index in [9.17, 15) is 23.1 Å². The van der Waals surface area contributed by atoms with Crippen molar-refractivity contribution in [1.82, 2.24) is 9.88 Å². The lowest BCUT2D eigenvalue weighted by Crippen LogP contribution is -2.24. The lowest BCUT2D eigenvalue weighted by atomic mass is 9.99. The van der Waals surface area contributed by atoms with Crippen molar-refractivity contribution in [1.29, 1.82) is 5.26 Å². The normalized spacial score (nSPS) is 11.4. The third kappa shape index (κ3) is 4.74. The molecule has 0 aliphatic carbocycles. The first-order valence-corrected chi connectivity index (χ1v) is 10.5. The zero-order valence-electron chi connectivity index (χ0n) is 17.9. The average Bonchev–Trinajstić information content (AvgIpc) is 3.14. The molecule has 0 atom stereocenters. The number of nitrogens with one attached hydrogen (secondary N) is 1. The van der Waals surface area contributed by atoms with E-state index in [4.69, 9.17) is 5.26 Å². The van der Waals surface area contributed by atoms with E-state index in [2.05, 4.69) is 5.32 Å². The van der Waals surface area contributed by atoms with Crippen molar-refractivity contribution in [3.63, 3.8) is 0 Å². The number of aromatic hydroxyl groups is 1. The van der Waals surface area contributed by atoms with Crippen LogP contribution in [0, 0.1) is 11.3 Å². The van der Waals surface area contributed by atoms with Gasteiger partial charge in [0.15, 0.2) is 5.88 Å². The Morgan fingerprint density at radius 1 is 1.03 bits per heavy atom. The van der Waals surface area contributed by atoms with E-state index in [1.54, 1.807) is 42.6 Å². The van der Waals surface area contributed by atoms with E-state index in [1.807, 2.05) is 18.2 Å². The van der Waals surface area contributed by atoms with Gasteiger partial charge in [-0.25, -0.2) is 0 Å². The molecule has 0 bridgehead atoms. The Morgan fingerprint density at radius 3 is 2.56 bits per heavy atom. The number of rotatable bonds is 6. The van der Waals surface area contributed by atoms with Gasteiger partial charge < -0.3 is 15.0 Å². The fourth-order valence-electron chi connectivity index (χ4n) is 3.85. The number of nitriles is 1. The number of nitrogens with zero attached hydrogens (tertiary/aromatic N) is 2. The molecule has 1 amide bonds. The molecular formula is C26H20F3N3O2. The molecule has 0 saturated carbocycles.